The summed E-state index contributed by atoms with van der Waals surface area (Å²) in [5.74, 6) is 2.11. The fraction of sp³-hybridized carbons (Fsp3) is 0.0455. The molecular weight excluding hydrogens is 1680 g/mol. The van der Waals surface area contributed by atoms with Gasteiger partial charge in [-0.25, -0.2) is 15.0 Å². The van der Waals surface area contributed by atoms with Crippen LogP contribution >= 0.6 is 60.2 Å². The van der Waals surface area contributed by atoms with E-state index in [1.807, 2.05) is 109 Å². The van der Waals surface area contributed by atoms with E-state index in [2.05, 4.69) is 347 Å². The zero-order chi connectivity index (χ0) is 80.0. The van der Waals surface area contributed by atoms with Gasteiger partial charge in [0, 0.05) is 57.9 Å². The minimum Gasteiger partial charge on any atom is -0.376 e. The van der Waals surface area contributed by atoms with Crippen LogP contribution in [-0.4, -0.2) is 25.8 Å². The fourth-order valence-electron chi connectivity index (χ4n) is 17.6. The summed E-state index contributed by atoms with van der Waals surface area (Å²) < 4.78 is 3.15. The maximum atomic E-state index is 12.4. The number of aliphatic hydroxyl groups is 1. The van der Waals surface area contributed by atoms with E-state index in [9.17, 15) is 9.90 Å². The van der Waals surface area contributed by atoms with Gasteiger partial charge in [0.15, 0.2) is 23.3 Å². The largest absolute Gasteiger partial charge is 1.00 e. The molecule has 19 aromatic rings. The number of unbranched alkanes of at least 4 members (excludes halogenated alkanes) is 1. The van der Waals surface area contributed by atoms with Crippen molar-refractivity contribution in [1.82, 2.24) is 15.0 Å². The van der Waals surface area contributed by atoms with Crippen molar-refractivity contribution in [1.29, 1.82) is 0 Å². The first-order valence-electron chi connectivity index (χ1n) is 39.8. The number of nitrogens with zero attached hydrogens (tertiary/aromatic N) is 3. The van der Waals surface area contributed by atoms with Gasteiger partial charge >= 0.3 is 18.9 Å². The number of benzene rings is 18. The van der Waals surface area contributed by atoms with Gasteiger partial charge in [-0.2, -0.15) is 6.42 Å². The first-order chi connectivity index (χ1) is 57.9. The maximum absolute atomic E-state index is 12.4. The molecule has 4 aliphatic rings. The van der Waals surface area contributed by atoms with Crippen LogP contribution in [0.3, 0.4) is 0 Å². The van der Waals surface area contributed by atoms with Gasteiger partial charge in [0.2, 0.25) is 0 Å². The summed E-state index contributed by atoms with van der Waals surface area (Å²) >= 11 is 10.6. The molecule has 0 aliphatic heterocycles. The van der Waals surface area contributed by atoms with Crippen LogP contribution in [0, 0.1) is 6.92 Å². The number of carbonyl (C=O) groups is 1. The van der Waals surface area contributed by atoms with Gasteiger partial charge in [-0.15, -0.1) is 12.4 Å². The summed E-state index contributed by atoms with van der Waals surface area (Å²) in [6.07, 6.45) is 2.28. The second-order valence-corrected chi connectivity index (χ2v) is 32.8. The molecule has 18 aromatic carbocycles. The van der Waals surface area contributed by atoms with Crippen LogP contribution in [-0.2, 0) is 11.0 Å². The Labute approximate surface area is 742 Å². The zero-order valence-corrected chi connectivity index (χ0v) is 71.5. The van der Waals surface area contributed by atoms with Crippen LogP contribution in [0.1, 0.15) is 74.6 Å². The molecule has 120 heavy (non-hydrogen) atoms. The van der Waals surface area contributed by atoms with Crippen molar-refractivity contribution in [3.63, 3.8) is 0 Å². The monoisotopic (exact) mass is 1750 g/mol. The van der Waals surface area contributed by atoms with E-state index in [4.69, 9.17) is 15.0 Å². The van der Waals surface area contributed by atoms with E-state index in [-0.39, 0.29) is 37.1 Å². The minimum atomic E-state index is -1.21. The van der Waals surface area contributed by atoms with Crippen molar-refractivity contribution in [2.45, 2.75) is 30.8 Å². The van der Waals surface area contributed by atoms with Crippen LogP contribution < -0.4 is 18.9 Å². The van der Waals surface area contributed by atoms with E-state index in [1.165, 1.54) is 99.8 Å². The summed E-state index contributed by atoms with van der Waals surface area (Å²) in [6, 6.07) is 138. The maximum Gasteiger partial charge on any atom is 1.00 e. The normalized spacial score (nSPS) is 14.1. The van der Waals surface area contributed by atoms with Gasteiger partial charge in [-0.05, 0) is 205 Å². The van der Waals surface area contributed by atoms with Gasteiger partial charge in [-0.3, -0.25) is 4.79 Å². The van der Waals surface area contributed by atoms with Crippen LogP contribution in [0.15, 0.2) is 408 Å². The second-order valence-electron chi connectivity index (χ2n) is 30.1. The van der Waals surface area contributed by atoms with Crippen LogP contribution in [0.4, 0.5) is 0 Å². The number of rotatable bonds is 7. The molecule has 2 atom stereocenters. The molecule has 0 radical (unpaired) electrons. The topological polar surface area (TPSA) is 76.0 Å². The summed E-state index contributed by atoms with van der Waals surface area (Å²) in [7, 11) is 0. The molecule has 1 heterocycles. The SMILES string of the molecule is Brc1ccccc1-c1ccc2ccccc2c1.Cl.O=C1c2ccccc2-c2cc(Br)ccc21.OC1(c2ccccc2-c2ccc3ccccc3c2)c2ccccc2-c2cc(Br)ccc21.[CH2-]CCC.[Li+].c1ccc(-c2nc(-c3ccc4c(c3)-c3ccccc3C43c4ccccc4-c4cc5ccccc5cc43)nc(-c3ccc4ccccc4c3)n2)cc1. The molecule has 0 saturated heterocycles. The average Bonchev–Trinajstić information content (AvgIpc) is 1.50. The molecule has 1 N–H and O–H groups in total. The Morgan fingerprint density at radius 2 is 0.608 bits per heavy atom. The first kappa shape index (κ1) is 80.4. The van der Waals surface area contributed by atoms with Gasteiger partial charge in [0.1, 0.15) is 5.60 Å². The minimum absolute atomic E-state index is 0. The van der Waals surface area contributed by atoms with Gasteiger partial charge in [-0.1, -0.05) is 383 Å². The molecule has 0 fully saturated rings. The van der Waals surface area contributed by atoms with Crippen LogP contribution in [0.5, 0.6) is 0 Å². The number of fused-ring (bicyclic) bond motifs is 20. The third-order valence-corrected chi connectivity index (χ3v) is 24.9. The summed E-state index contributed by atoms with van der Waals surface area (Å²) in [6.45, 7) is 5.72. The Morgan fingerprint density at radius 1 is 0.275 bits per heavy atom. The first-order valence-corrected chi connectivity index (χ1v) is 42.2. The van der Waals surface area contributed by atoms with Crippen molar-refractivity contribution in [2.24, 2.45) is 0 Å². The van der Waals surface area contributed by atoms with E-state index < -0.39 is 11.0 Å². The number of hydrogen-bond acceptors (Lipinski definition) is 5. The van der Waals surface area contributed by atoms with Crippen molar-refractivity contribution in [2.75, 3.05) is 0 Å². The Bertz CT molecular complexity index is 7170. The molecule has 0 amide bonds. The second kappa shape index (κ2) is 34.4. The third-order valence-electron chi connectivity index (χ3n) is 23.2. The Hall–Kier alpha value is -12.0. The molecule has 0 saturated carbocycles. The predicted octanol–water partition coefficient (Wildman–Crippen LogP) is 27.0. The number of carbonyl (C=O) groups excluding carboxylic acids is 1. The molecule has 0 bridgehead atoms. The fourth-order valence-corrected chi connectivity index (χ4v) is 18.9. The summed E-state index contributed by atoms with van der Waals surface area (Å²) in [5.41, 5.74) is 24.8. The standard InChI is InChI=1S/C48H29N3.C29H19BrO.C16H11Br.C13H7BrO.C4H9.ClH.Li/c1-2-13-31(14-3-1)45-49-46(35-23-22-30-12-4-5-15-32(30)26-35)51-47(50-45)36-24-25-43-39(28-36)37-18-8-10-20-41(37)48(43)42-21-11-9-19-38(42)40-27-33-16-6-7-17-34(33)29-44(40)48;30-22-15-16-28-25(18-22)24-10-4-6-12-27(24)29(28,31)26-11-5-3-9-23(26)21-14-13-19-7-1-2-8-20(19)17-21;17-16-8-4-3-7-15(16)14-10-9-12-5-1-2-6-13(12)11-14;14-8-5-6-11-12(7-8)9-3-1-2-4-10(9)13(11)15;1-3-4-2;;/h1-29H;1-18,31H;1-11H;1-7H;1,3-4H2,2H3;1H;/q;;;;-1;;+1. The average molecular weight is 1750 g/mol. The molecule has 572 valence electrons. The van der Waals surface area contributed by atoms with Crippen molar-refractivity contribution in [3.8, 4) is 101 Å². The van der Waals surface area contributed by atoms with Gasteiger partial charge in [0.25, 0.3) is 0 Å². The van der Waals surface area contributed by atoms with Gasteiger partial charge < -0.3 is 12.0 Å². The van der Waals surface area contributed by atoms with E-state index in [1.54, 1.807) is 0 Å². The molecule has 1 spiro atoms. The van der Waals surface area contributed by atoms with E-state index in [0.29, 0.717) is 17.5 Å². The van der Waals surface area contributed by atoms with Crippen molar-refractivity contribution >= 4 is 109 Å². The molecule has 1 aromatic heterocycles. The molecule has 23 rings (SSSR count). The Morgan fingerprint density at radius 3 is 1.16 bits per heavy atom. The Balaban J connectivity index is 0.000000125. The predicted molar refractivity (Wildman–Crippen MR) is 506 cm³/mol. The van der Waals surface area contributed by atoms with E-state index >= 15 is 0 Å². The van der Waals surface area contributed by atoms with Crippen molar-refractivity contribution in [3.05, 3.63) is 465 Å². The number of hydrogen-bond donors (Lipinski definition) is 1. The molecular formula is C110H76Br3ClLiN3O2. The molecule has 4 aliphatic carbocycles. The smallest absolute Gasteiger partial charge is 0.376 e. The number of ketones is 1. The van der Waals surface area contributed by atoms with E-state index in [0.717, 1.165) is 103 Å². The third kappa shape index (κ3) is 14.6. The molecule has 5 nitrogen and oxygen atoms in total. The number of halogens is 4. The van der Waals surface area contributed by atoms with Gasteiger partial charge in [0.05, 0.1) is 5.41 Å². The number of aromatic nitrogens is 3. The molecule has 2 unspecified atom stereocenters. The van der Waals surface area contributed by atoms with Crippen LogP contribution in [0.25, 0.3) is 144 Å². The summed E-state index contributed by atoms with van der Waals surface area (Å²) in [4.78, 5) is 27.3. The zero-order valence-electron chi connectivity index (χ0n) is 65.9. The molecule has 10 heteroatoms. The van der Waals surface area contributed by atoms with Crippen molar-refractivity contribution < 1.29 is 28.8 Å². The quantitative estimate of drug-likeness (QED) is 0.127. The van der Waals surface area contributed by atoms with Crippen LogP contribution in [0.2, 0.25) is 0 Å². The summed E-state index contributed by atoms with van der Waals surface area (Å²) in [5, 5.41) is 22.2. The Kier molecular flexibility index (Phi) is 23.0.